The lowest BCUT2D eigenvalue weighted by Crippen LogP contribution is -2.44. The van der Waals surface area contributed by atoms with Gasteiger partial charge in [-0.05, 0) is 77.6 Å². The fourth-order valence-corrected chi connectivity index (χ4v) is 3.88. The van der Waals surface area contributed by atoms with Gasteiger partial charge in [0.2, 0.25) is 0 Å². The zero-order valence-electron chi connectivity index (χ0n) is 18.0. The molecule has 1 atom stereocenters. The number of hydrogen-bond acceptors (Lipinski definition) is 3. The smallest absolute Gasteiger partial charge is 0.191 e. The van der Waals surface area contributed by atoms with Crippen LogP contribution < -0.4 is 10.6 Å². The van der Waals surface area contributed by atoms with Crippen molar-refractivity contribution in [3.8, 4) is 0 Å². The molecule has 0 amide bonds. The number of likely N-dealkylation sites (tertiary alicyclic amines) is 1. The zero-order valence-corrected chi connectivity index (χ0v) is 20.3. The first kappa shape index (κ1) is 24.2. The maximum atomic E-state index is 4.52. The number of hydrogen-bond donors (Lipinski definition) is 2. The van der Waals surface area contributed by atoms with Crippen LogP contribution in [0, 0.1) is 19.8 Å². The van der Waals surface area contributed by atoms with Gasteiger partial charge in [0, 0.05) is 32.4 Å². The van der Waals surface area contributed by atoms with Crippen LogP contribution in [0.4, 0.5) is 0 Å². The molecule has 0 radical (unpaired) electrons. The molecule has 1 aromatic heterocycles. The van der Waals surface area contributed by atoms with Crippen molar-refractivity contribution < 1.29 is 0 Å². The van der Waals surface area contributed by atoms with E-state index >= 15 is 0 Å². The topological polar surface area (TPSA) is 57.5 Å². The monoisotopic (exact) mass is 490 g/mol. The zero-order chi connectivity index (χ0) is 19.1. The summed E-state index contributed by atoms with van der Waals surface area (Å²) in [7, 11) is 3.86. The Hall–Kier alpha value is -0.830. The van der Waals surface area contributed by atoms with Gasteiger partial charge in [-0.1, -0.05) is 6.92 Å². The van der Waals surface area contributed by atoms with E-state index in [0.29, 0.717) is 6.04 Å². The average molecular weight is 490 g/mol. The number of aryl methyl sites for hydroxylation is 2. The van der Waals surface area contributed by atoms with E-state index in [-0.39, 0.29) is 24.0 Å². The first-order valence-electron chi connectivity index (χ1n) is 10.1. The highest BCUT2D eigenvalue weighted by Crippen LogP contribution is 2.19. The minimum Gasteiger partial charge on any atom is -0.356 e. The van der Waals surface area contributed by atoms with Crippen molar-refractivity contribution in [1.29, 1.82) is 0 Å². The van der Waals surface area contributed by atoms with E-state index in [1.54, 1.807) is 0 Å². The fourth-order valence-electron chi connectivity index (χ4n) is 3.88. The predicted molar refractivity (Wildman–Crippen MR) is 125 cm³/mol. The minimum atomic E-state index is 0. The van der Waals surface area contributed by atoms with Crippen LogP contribution >= 0.6 is 24.0 Å². The number of piperidine rings is 1. The van der Waals surface area contributed by atoms with Crippen LogP contribution in [0.2, 0.25) is 0 Å². The van der Waals surface area contributed by atoms with Crippen molar-refractivity contribution in [2.24, 2.45) is 18.0 Å². The summed E-state index contributed by atoms with van der Waals surface area (Å²) in [4.78, 5) is 6.94. The summed E-state index contributed by atoms with van der Waals surface area (Å²) in [6.07, 6.45) is 4.85. The molecule has 0 aromatic carbocycles. The molecule has 0 spiro atoms. The number of halogens is 1. The number of aliphatic imine (C=N–C) groups is 1. The minimum absolute atomic E-state index is 0. The molecule has 156 valence electrons. The number of nitrogens with one attached hydrogen (secondary N) is 2. The third-order valence-electron chi connectivity index (χ3n) is 5.78. The van der Waals surface area contributed by atoms with Crippen LogP contribution in [-0.2, 0) is 13.5 Å². The van der Waals surface area contributed by atoms with Gasteiger partial charge in [-0.3, -0.25) is 9.67 Å². The molecule has 27 heavy (non-hydrogen) atoms. The molecule has 1 saturated heterocycles. The van der Waals surface area contributed by atoms with Gasteiger partial charge in [0.1, 0.15) is 0 Å². The van der Waals surface area contributed by atoms with Crippen molar-refractivity contribution in [3.05, 3.63) is 17.0 Å². The van der Waals surface area contributed by atoms with Crippen molar-refractivity contribution >= 4 is 29.9 Å². The van der Waals surface area contributed by atoms with Crippen molar-refractivity contribution in [2.45, 2.75) is 59.4 Å². The molecule has 6 nitrogen and oxygen atoms in total. The number of aromatic nitrogens is 2. The van der Waals surface area contributed by atoms with E-state index in [1.165, 1.54) is 50.2 Å². The second-order valence-electron chi connectivity index (χ2n) is 7.69. The molecule has 2 rings (SSSR count). The van der Waals surface area contributed by atoms with Crippen molar-refractivity contribution in [1.82, 2.24) is 25.3 Å². The molecule has 2 N–H and O–H groups in total. The summed E-state index contributed by atoms with van der Waals surface area (Å²) in [5.41, 5.74) is 3.71. The molecule has 7 heteroatoms. The Morgan fingerprint density at radius 2 is 1.96 bits per heavy atom. The molecular weight excluding hydrogens is 451 g/mol. The van der Waals surface area contributed by atoms with E-state index in [9.17, 15) is 0 Å². The van der Waals surface area contributed by atoms with Crippen molar-refractivity contribution in [2.75, 3.05) is 33.2 Å². The molecule has 0 saturated carbocycles. The highest BCUT2D eigenvalue weighted by molar-refractivity contribution is 14.0. The second-order valence-corrected chi connectivity index (χ2v) is 7.69. The van der Waals surface area contributed by atoms with Gasteiger partial charge in [0.25, 0.3) is 0 Å². The highest BCUT2D eigenvalue weighted by Gasteiger charge is 2.18. The van der Waals surface area contributed by atoms with Gasteiger partial charge in [0.15, 0.2) is 5.96 Å². The first-order valence-corrected chi connectivity index (χ1v) is 10.1. The van der Waals surface area contributed by atoms with Crippen LogP contribution in [0.3, 0.4) is 0 Å². The number of guanidine groups is 1. The molecule has 1 aliphatic heterocycles. The van der Waals surface area contributed by atoms with Gasteiger partial charge >= 0.3 is 0 Å². The predicted octanol–water partition coefficient (Wildman–Crippen LogP) is 2.87. The molecule has 2 heterocycles. The largest absolute Gasteiger partial charge is 0.356 e. The van der Waals surface area contributed by atoms with Gasteiger partial charge < -0.3 is 15.5 Å². The molecular formula is C20H39IN6. The van der Waals surface area contributed by atoms with Gasteiger partial charge in [-0.25, -0.2) is 0 Å². The van der Waals surface area contributed by atoms with E-state index in [4.69, 9.17) is 0 Å². The Morgan fingerprint density at radius 3 is 2.48 bits per heavy atom. The normalized spacial score (nSPS) is 17.5. The maximum absolute atomic E-state index is 4.52. The third-order valence-corrected chi connectivity index (χ3v) is 5.78. The van der Waals surface area contributed by atoms with Crippen LogP contribution in [-0.4, -0.2) is 59.9 Å². The van der Waals surface area contributed by atoms with Crippen LogP contribution in [0.15, 0.2) is 4.99 Å². The Balaban J connectivity index is 0.00000364. The summed E-state index contributed by atoms with van der Waals surface area (Å²) in [5, 5.41) is 11.5. The molecule has 1 aliphatic rings. The van der Waals surface area contributed by atoms with Gasteiger partial charge in [-0.15, -0.1) is 24.0 Å². The Labute approximate surface area is 182 Å². The van der Waals surface area contributed by atoms with Gasteiger partial charge in [-0.2, -0.15) is 5.10 Å². The average Bonchev–Trinajstić information content (AvgIpc) is 2.87. The van der Waals surface area contributed by atoms with Crippen LogP contribution in [0.1, 0.15) is 50.1 Å². The van der Waals surface area contributed by atoms with E-state index in [2.05, 4.69) is 53.3 Å². The van der Waals surface area contributed by atoms with Crippen molar-refractivity contribution in [3.63, 3.8) is 0 Å². The van der Waals surface area contributed by atoms with E-state index < -0.39 is 0 Å². The lowest BCUT2D eigenvalue weighted by atomic mass is 9.93. The number of rotatable bonds is 7. The molecule has 1 fully saturated rings. The lowest BCUT2D eigenvalue weighted by molar-refractivity contribution is 0.187. The van der Waals surface area contributed by atoms with E-state index in [0.717, 1.165) is 30.5 Å². The summed E-state index contributed by atoms with van der Waals surface area (Å²) in [5.74, 6) is 1.75. The first-order chi connectivity index (χ1) is 12.4. The summed E-state index contributed by atoms with van der Waals surface area (Å²) in [6.45, 7) is 13.4. The number of nitrogens with zero attached hydrogens (tertiary/aromatic N) is 4. The Bertz CT molecular complexity index is 590. The molecule has 1 aromatic rings. The molecule has 1 unspecified atom stereocenters. The lowest BCUT2D eigenvalue weighted by Gasteiger charge is -2.31. The summed E-state index contributed by atoms with van der Waals surface area (Å²) in [6, 6.07) is 0.315. The Morgan fingerprint density at radius 1 is 1.30 bits per heavy atom. The maximum Gasteiger partial charge on any atom is 0.191 e. The van der Waals surface area contributed by atoms with E-state index in [1.807, 2.05) is 18.8 Å². The highest BCUT2D eigenvalue weighted by atomic mass is 127. The van der Waals surface area contributed by atoms with Crippen LogP contribution in [0.25, 0.3) is 0 Å². The SMILES string of the molecule is CCN1CCC(CCNC(=NC)NC(C)Cc2c(C)nn(C)c2C)CC1.I. The third kappa shape index (κ3) is 7.25. The van der Waals surface area contributed by atoms with Gasteiger partial charge in [0.05, 0.1) is 5.69 Å². The summed E-state index contributed by atoms with van der Waals surface area (Å²) < 4.78 is 1.97. The standard InChI is InChI=1S/C20H38N6.HI/c1-7-26-12-9-18(10-13-26)8-11-22-20(21-5)23-15(2)14-19-16(3)24-25(6)17(19)4;/h15,18H,7-14H2,1-6H3,(H2,21,22,23);1H. The van der Waals surface area contributed by atoms with Crippen LogP contribution in [0.5, 0.6) is 0 Å². The molecule has 0 aliphatic carbocycles. The fraction of sp³-hybridized carbons (Fsp3) is 0.800. The summed E-state index contributed by atoms with van der Waals surface area (Å²) >= 11 is 0. The molecule has 0 bridgehead atoms. The quantitative estimate of drug-likeness (QED) is 0.351. The second kappa shape index (κ2) is 11.9. The Kier molecular flexibility index (Phi) is 10.7.